The fraction of sp³-hybridized carbons (Fsp3) is 0.478. The van der Waals surface area contributed by atoms with Crippen molar-refractivity contribution in [1.29, 1.82) is 0 Å². The minimum atomic E-state index is -0.363. The Morgan fingerprint density at radius 2 is 1.90 bits per heavy atom. The molecule has 0 amide bonds. The van der Waals surface area contributed by atoms with E-state index in [1.54, 1.807) is 18.9 Å². The summed E-state index contributed by atoms with van der Waals surface area (Å²) in [4.78, 5) is 0. The van der Waals surface area contributed by atoms with E-state index < -0.39 is 0 Å². The van der Waals surface area contributed by atoms with Gasteiger partial charge in [0.25, 0.3) is 0 Å². The van der Waals surface area contributed by atoms with Gasteiger partial charge < -0.3 is 24.1 Å². The molecule has 29 heavy (non-hydrogen) atoms. The number of aliphatic hydroxyl groups excluding tert-OH is 1. The van der Waals surface area contributed by atoms with Crippen molar-refractivity contribution < 1.29 is 24.1 Å². The normalized spacial score (nSPS) is 23.7. The van der Waals surface area contributed by atoms with Gasteiger partial charge in [0.05, 0.1) is 19.3 Å². The van der Waals surface area contributed by atoms with E-state index in [1.165, 1.54) is 16.7 Å². The summed E-state index contributed by atoms with van der Waals surface area (Å²) in [6, 6.07) is 10.4. The Hall–Kier alpha value is -1.89. The first-order valence-corrected chi connectivity index (χ1v) is 11.3. The van der Waals surface area contributed by atoms with Gasteiger partial charge in [0.2, 0.25) is 0 Å². The van der Waals surface area contributed by atoms with E-state index >= 15 is 0 Å². The molecule has 156 valence electrons. The molecule has 2 aromatic carbocycles. The number of rotatable bonds is 5. The van der Waals surface area contributed by atoms with Gasteiger partial charge in [-0.2, -0.15) is 0 Å². The zero-order valence-electron chi connectivity index (χ0n) is 17.1. The maximum atomic E-state index is 10.3. The summed E-state index contributed by atoms with van der Waals surface area (Å²) in [5.41, 5.74) is 4.54. The summed E-state index contributed by atoms with van der Waals surface area (Å²) in [7, 11) is 1.68. The Balaban J connectivity index is 1.63. The molecule has 2 heterocycles. The Morgan fingerprint density at radius 3 is 2.66 bits per heavy atom. The summed E-state index contributed by atoms with van der Waals surface area (Å²) >= 11 is 1.64. The van der Waals surface area contributed by atoms with Crippen molar-refractivity contribution in [3.63, 3.8) is 0 Å². The van der Waals surface area contributed by atoms with Crippen LogP contribution < -0.4 is 14.2 Å². The van der Waals surface area contributed by atoms with Gasteiger partial charge in [-0.25, -0.2) is 0 Å². The number of aryl methyl sites for hydroxylation is 1. The molecule has 0 radical (unpaired) electrons. The van der Waals surface area contributed by atoms with E-state index in [0.29, 0.717) is 26.1 Å². The van der Waals surface area contributed by atoms with Crippen LogP contribution in [0, 0.1) is 6.92 Å². The molecule has 0 aliphatic carbocycles. The molecule has 6 heteroatoms. The van der Waals surface area contributed by atoms with Gasteiger partial charge in [-0.15, -0.1) is 11.8 Å². The van der Waals surface area contributed by atoms with Crippen LogP contribution in [0.25, 0.3) is 0 Å². The van der Waals surface area contributed by atoms with E-state index in [1.807, 2.05) is 12.3 Å². The van der Waals surface area contributed by atoms with Crippen LogP contribution >= 0.6 is 11.8 Å². The van der Waals surface area contributed by atoms with Crippen LogP contribution in [0.4, 0.5) is 0 Å². The third kappa shape index (κ3) is 4.49. The SMILES string of the molecule is COc1cc(C)c(Cc2ccc3c(c2)OCCO3)cc1C1CC(O)CC(SC)O1. The first-order chi connectivity index (χ1) is 14.1. The number of hydrogen-bond donors (Lipinski definition) is 1. The second-order valence-electron chi connectivity index (χ2n) is 7.59. The lowest BCUT2D eigenvalue weighted by Crippen LogP contribution is -2.29. The minimum Gasteiger partial charge on any atom is -0.496 e. The lowest BCUT2D eigenvalue weighted by atomic mass is 9.92. The summed E-state index contributed by atoms with van der Waals surface area (Å²) < 4.78 is 23.3. The van der Waals surface area contributed by atoms with Crippen LogP contribution in [0.3, 0.4) is 0 Å². The Kier molecular flexibility index (Phi) is 6.23. The highest BCUT2D eigenvalue weighted by Gasteiger charge is 2.31. The molecule has 0 bridgehead atoms. The van der Waals surface area contributed by atoms with Gasteiger partial charge in [0, 0.05) is 18.4 Å². The van der Waals surface area contributed by atoms with E-state index in [-0.39, 0.29) is 17.6 Å². The van der Waals surface area contributed by atoms with Gasteiger partial charge >= 0.3 is 0 Å². The highest BCUT2D eigenvalue weighted by molar-refractivity contribution is 7.99. The van der Waals surface area contributed by atoms with Crippen molar-refractivity contribution in [2.75, 3.05) is 26.6 Å². The van der Waals surface area contributed by atoms with Crippen molar-refractivity contribution in [2.24, 2.45) is 0 Å². The molecule has 0 saturated carbocycles. The third-order valence-electron chi connectivity index (χ3n) is 5.57. The number of thioether (sulfide) groups is 1. The zero-order chi connectivity index (χ0) is 20.4. The quantitative estimate of drug-likeness (QED) is 0.786. The lowest BCUT2D eigenvalue weighted by molar-refractivity contribution is -0.0612. The highest BCUT2D eigenvalue weighted by Crippen LogP contribution is 2.40. The predicted molar refractivity (Wildman–Crippen MR) is 114 cm³/mol. The second kappa shape index (κ2) is 8.86. The number of fused-ring (bicyclic) bond motifs is 1. The van der Waals surface area contributed by atoms with Gasteiger partial charge in [0.1, 0.15) is 24.4 Å². The largest absolute Gasteiger partial charge is 0.496 e. The van der Waals surface area contributed by atoms with Crippen LogP contribution in [0.15, 0.2) is 30.3 Å². The van der Waals surface area contributed by atoms with Crippen molar-refractivity contribution in [2.45, 2.75) is 43.8 Å². The molecule has 1 N–H and O–H groups in total. The highest BCUT2D eigenvalue weighted by atomic mass is 32.2. The number of benzene rings is 2. The number of ether oxygens (including phenoxy) is 4. The monoisotopic (exact) mass is 416 g/mol. The molecule has 0 aromatic heterocycles. The number of aliphatic hydroxyl groups is 1. The average molecular weight is 417 g/mol. The minimum absolute atomic E-state index is 0.00370. The molecule has 3 unspecified atom stereocenters. The Labute approximate surface area is 176 Å². The van der Waals surface area contributed by atoms with Gasteiger partial charge in [0.15, 0.2) is 11.5 Å². The summed E-state index contributed by atoms with van der Waals surface area (Å²) in [5, 5.41) is 10.3. The molecule has 1 fully saturated rings. The summed E-state index contributed by atoms with van der Waals surface area (Å²) in [5.74, 6) is 2.42. The van der Waals surface area contributed by atoms with Crippen molar-refractivity contribution in [1.82, 2.24) is 0 Å². The maximum absolute atomic E-state index is 10.3. The number of hydrogen-bond acceptors (Lipinski definition) is 6. The zero-order valence-corrected chi connectivity index (χ0v) is 18.0. The molecule has 3 atom stereocenters. The molecule has 0 spiro atoms. The second-order valence-corrected chi connectivity index (χ2v) is 8.59. The third-order valence-corrected chi connectivity index (χ3v) is 6.40. The van der Waals surface area contributed by atoms with E-state index in [4.69, 9.17) is 18.9 Å². The molecule has 4 rings (SSSR count). The molecule has 2 aromatic rings. The van der Waals surface area contributed by atoms with Gasteiger partial charge in [-0.3, -0.25) is 0 Å². The van der Waals surface area contributed by atoms with E-state index in [0.717, 1.165) is 29.2 Å². The lowest BCUT2D eigenvalue weighted by Gasteiger charge is -2.33. The molecule has 2 aliphatic heterocycles. The van der Waals surface area contributed by atoms with Gasteiger partial charge in [-0.05, 0) is 60.6 Å². The van der Waals surface area contributed by atoms with Crippen LogP contribution in [-0.4, -0.2) is 43.2 Å². The smallest absolute Gasteiger partial charge is 0.161 e. The Morgan fingerprint density at radius 1 is 1.10 bits per heavy atom. The fourth-order valence-corrected chi connectivity index (χ4v) is 4.65. The van der Waals surface area contributed by atoms with Crippen LogP contribution in [0.2, 0.25) is 0 Å². The molecule has 2 aliphatic rings. The van der Waals surface area contributed by atoms with Crippen LogP contribution in [-0.2, 0) is 11.2 Å². The number of methoxy groups -OCH3 is 1. The fourth-order valence-electron chi connectivity index (χ4n) is 3.99. The van der Waals surface area contributed by atoms with Crippen LogP contribution in [0.5, 0.6) is 17.2 Å². The maximum Gasteiger partial charge on any atom is 0.161 e. The van der Waals surface area contributed by atoms with E-state index in [2.05, 4.69) is 31.2 Å². The molecule has 5 nitrogen and oxygen atoms in total. The molecule has 1 saturated heterocycles. The first kappa shape index (κ1) is 20.4. The molecular formula is C23H28O5S. The molecular weight excluding hydrogens is 388 g/mol. The van der Waals surface area contributed by atoms with Crippen molar-refractivity contribution in [3.8, 4) is 17.2 Å². The van der Waals surface area contributed by atoms with Crippen molar-refractivity contribution >= 4 is 11.8 Å². The average Bonchev–Trinajstić information content (AvgIpc) is 2.74. The Bertz CT molecular complexity index is 869. The van der Waals surface area contributed by atoms with Crippen LogP contribution in [0.1, 0.15) is 41.2 Å². The standard InChI is InChI=1S/C23H28O5S/c1-14-8-20(25-2)18(21-12-17(24)13-23(28-21)29-3)11-16(14)9-15-4-5-19-22(10-15)27-7-6-26-19/h4-5,8,10-11,17,21,23-24H,6-7,9,12-13H2,1-3H3. The van der Waals surface area contributed by atoms with E-state index in [9.17, 15) is 5.11 Å². The predicted octanol–water partition coefficient (Wildman–Crippen LogP) is 4.27. The van der Waals surface area contributed by atoms with Crippen molar-refractivity contribution in [3.05, 3.63) is 52.6 Å². The van der Waals surface area contributed by atoms with Gasteiger partial charge in [-0.1, -0.05) is 6.07 Å². The summed E-state index contributed by atoms with van der Waals surface area (Å²) in [6.07, 6.45) is 3.50. The first-order valence-electron chi connectivity index (χ1n) is 9.99. The summed E-state index contributed by atoms with van der Waals surface area (Å²) in [6.45, 7) is 3.28. The topological polar surface area (TPSA) is 57.2 Å².